The lowest BCUT2D eigenvalue weighted by atomic mass is 10.1. The molecule has 0 aromatic heterocycles. The van der Waals surface area contributed by atoms with Crippen LogP contribution < -0.4 is 16.0 Å². The van der Waals surface area contributed by atoms with E-state index in [1.807, 2.05) is 42.5 Å². The Bertz CT molecular complexity index is 1070. The molecule has 0 unspecified atom stereocenters. The summed E-state index contributed by atoms with van der Waals surface area (Å²) < 4.78 is 4.82. The third-order valence-electron chi connectivity index (χ3n) is 4.51. The SMILES string of the molecule is CCOC(=O)CCC(=O)Nc1ccccc1C(=O)Nc1ccc(Nc2ccccc2)cc1. The fourth-order valence-electron chi connectivity index (χ4n) is 2.98. The van der Waals surface area contributed by atoms with Crippen molar-refractivity contribution in [1.29, 1.82) is 0 Å². The summed E-state index contributed by atoms with van der Waals surface area (Å²) in [7, 11) is 0. The Morgan fingerprint density at radius 1 is 0.719 bits per heavy atom. The number of hydrogen-bond donors (Lipinski definition) is 3. The minimum Gasteiger partial charge on any atom is -0.466 e. The molecule has 0 bridgehead atoms. The zero-order valence-electron chi connectivity index (χ0n) is 17.8. The molecule has 0 atom stereocenters. The van der Waals surface area contributed by atoms with Gasteiger partial charge in [-0.25, -0.2) is 0 Å². The molecule has 7 heteroatoms. The Morgan fingerprint density at radius 2 is 1.34 bits per heavy atom. The molecular formula is C25H25N3O4. The highest BCUT2D eigenvalue weighted by Crippen LogP contribution is 2.21. The molecular weight excluding hydrogens is 406 g/mol. The number of benzene rings is 3. The third kappa shape index (κ3) is 6.70. The standard InChI is InChI=1S/C25H25N3O4/c1-2-32-24(30)17-16-23(29)28-22-11-7-6-10-21(22)25(31)27-20-14-12-19(13-15-20)26-18-8-4-3-5-9-18/h3-15,26H,2,16-17H2,1H3,(H,27,31)(H,28,29). The molecule has 0 saturated heterocycles. The molecule has 0 saturated carbocycles. The molecule has 0 spiro atoms. The van der Waals surface area contributed by atoms with Gasteiger partial charge in [-0.05, 0) is 55.5 Å². The van der Waals surface area contributed by atoms with Gasteiger partial charge in [-0.1, -0.05) is 30.3 Å². The van der Waals surface area contributed by atoms with E-state index < -0.39 is 5.97 Å². The van der Waals surface area contributed by atoms with Gasteiger partial charge in [0.1, 0.15) is 0 Å². The predicted molar refractivity (Wildman–Crippen MR) is 125 cm³/mol. The number of amides is 2. The zero-order valence-corrected chi connectivity index (χ0v) is 17.8. The molecule has 0 aliphatic heterocycles. The number of ether oxygens (including phenoxy) is 1. The van der Waals surface area contributed by atoms with E-state index in [1.54, 1.807) is 43.3 Å². The summed E-state index contributed by atoms with van der Waals surface area (Å²) in [6.07, 6.45) is -0.0396. The molecule has 2 amide bonds. The second kappa shape index (κ2) is 11.3. The van der Waals surface area contributed by atoms with Gasteiger partial charge in [0, 0.05) is 23.5 Å². The Hall–Kier alpha value is -4.13. The largest absolute Gasteiger partial charge is 0.466 e. The molecule has 0 fully saturated rings. The van der Waals surface area contributed by atoms with Crippen LogP contribution in [0, 0.1) is 0 Å². The van der Waals surface area contributed by atoms with Crippen LogP contribution in [-0.2, 0) is 14.3 Å². The number of hydrogen-bond acceptors (Lipinski definition) is 5. The maximum atomic E-state index is 12.8. The topological polar surface area (TPSA) is 96.5 Å². The second-order valence-electron chi connectivity index (χ2n) is 6.92. The average molecular weight is 431 g/mol. The number of esters is 1. The van der Waals surface area contributed by atoms with Gasteiger partial charge in [0.2, 0.25) is 5.91 Å². The lowest BCUT2D eigenvalue weighted by Gasteiger charge is -2.12. The number of carbonyl (C=O) groups is 3. The maximum absolute atomic E-state index is 12.8. The van der Waals surface area contributed by atoms with Crippen molar-refractivity contribution in [2.24, 2.45) is 0 Å². The van der Waals surface area contributed by atoms with Crippen molar-refractivity contribution in [3.05, 3.63) is 84.4 Å². The summed E-state index contributed by atoms with van der Waals surface area (Å²) in [4.78, 5) is 36.4. The quantitative estimate of drug-likeness (QED) is 0.416. The summed E-state index contributed by atoms with van der Waals surface area (Å²) in [5.74, 6) is -1.15. The van der Waals surface area contributed by atoms with E-state index in [2.05, 4.69) is 16.0 Å². The van der Waals surface area contributed by atoms with Crippen LogP contribution in [-0.4, -0.2) is 24.4 Å². The minimum atomic E-state index is -0.432. The van der Waals surface area contributed by atoms with E-state index in [4.69, 9.17) is 4.74 Å². The van der Waals surface area contributed by atoms with Crippen LogP contribution in [0.1, 0.15) is 30.1 Å². The summed E-state index contributed by atoms with van der Waals surface area (Å²) >= 11 is 0. The molecule has 32 heavy (non-hydrogen) atoms. The highest BCUT2D eigenvalue weighted by molar-refractivity contribution is 6.10. The second-order valence-corrected chi connectivity index (χ2v) is 6.92. The third-order valence-corrected chi connectivity index (χ3v) is 4.51. The first-order valence-electron chi connectivity index (χ1n) is 10.3. The summed E-state index contributed by atoms with van der Waals surface area (Å²) in [5.41, 5.74) is 3.18. The lowest BCUT2D eigenvalue weighted by molar-refractivity contribution is -0.144. The van der Waals surface area contributed by atoms with Crippen LogP contribution in [0.3, 0.4) is 0 Å². The minimum absolute atomic E-state index is 0.0165. The predicted octanol–water partition coefficient (Wildman–Crippen LogP) is 4.96. The van der Waals surface area contributed by atoms with Gasteiger partial charge < -0.3 is 20.7 Å². The van der Waals surface area contributed by atoms with E-state index >= 15 is 0 Å². The van der Waals surface area contributed by atoms with Gasteiger partial charge in [0.25, 0.3) is 5.91 Å². The lowest BCUT2D eigenvalue weighted by Crippen LogP contribution is -2.19. The molecule has 7 nitrogen and oxygen atoms in total. The first kappa shape index (κ1) is 22.6. The van der Waals surface area contributed by atoms with Crippen molar-refractivity contribution in [2.45, 2.75) is 19.8 Å². The fourth-order valence-corrected chi connectivity index (χ4v) is 2.98. The summed E-state index contributed by atoms with van der Waals surface area (Å²) in [6, 6.07) is 23.8. The van der Waals surface area contributed by atoms with Crippen molar-refractivity contribution in [3.63, 3.8) is 0 Å². The number of nitrogens with one attached hydrogen (secondary N) is 3. The van der Waals surface area contributed by atoms with E-state index in [0.29, 0.717) is 16.9 Å². The van der Waals surface area contributed by atoms with Crippen LogP contribution in [0.25, 0.3) is 0 Å². The van der Waals surface area contributed by atoms with Crippen molar-refractivity contribution in [3.8, 4) is 0 Å². The normalized spacial score (nSPS) is 10.2. The van der Waals surface area contributed by atoms with Crippen LogP contribution in [0.2, 0.25) is 0 Å². The number of rotatable bonds is 9. The van der Waals surface area contributed by atoms with Gasteiger partial charge >= 0.3 is 5.97 Å². The van der Waals surface area contributed by atoms with Crippen molar-refractivity contribution in [1.82, 2.24) is 0 Å². The highest BCUT2D eigenvalue weighted by Gasteiger charge is 2.14. The fraction of sp³-hybridized carbons (Fsp3) is 0.160. The molecule has 3 aromatic rings. The maximum Gasteiger partial charge on any atom is 0.306 e. The van der Waals surface area contributed by atoms with Crippen molar-refractivity contribution in [2.75, 3.05) is 22.6 Å². The van der Waals surface area contributed by atoms with E-state index in [9.17, 15) is 14.4 Å². The van der Waals surface area contributed by atoms with Crippen LogP contribution in [0.4, 0.5) is 22.7 Å². The Balaban J connectivity index is 1.60. The van der Waals surface area contributed by atoms with Crippen molar-refractivity contribution < 1.29 is 19.1 Å². The average Bonchev–Trinajstić information content (AvgIpc) is 2.80. The number of carbonyl (C=O) groups excluding carboxylic acids is 3. The first-order chi connectivity index (χ1) is 15.5. The van der Waals surface area contributed by atoms with Gasteiger partial charge in [0.05, 0.1) is 24.3 Å². The van der Waals surface area contributed by atoms with Gasteiger partial charge in [0.15, 0.2) is 0 Å². The molecule has 3 aromatic carbocycles. The summed E-state index contributed by atoms with van der Waals surface area (Å²) in [6.45, 7) is 1.98. The molecule has 0 aliphatic rings. The monoisotopic (exact) mass is 431 g/mol. The first-order valence-corrected chi connectivity index (χ1v) is 10.3. The Labute approximate surface area is 186 Å². The van der Waals surface area contributed by atoms with E-state index in [-0.39, 0.29) is 31.3 Å². The van der Waals surface area contributed by atoms with E-state index in [0.717, 1.165) is 11.4 Å². The smallest absolute Gasteiger partial charge is 0.306 e. The number of para-hydroxylation sites is 2. The molecule has 3 N–H and O–H groups in total. The molecule has 3 rings (SSSR count). The number of anilines is 4. The summed E-state index contributed by atoms with van der Waals surface area (Å²) in [5, 5.41) is 8.81. The van der Waals surface area contributed by atoms with E-state index in [1.165, 1.54) is 0 Å². The molecule has 0 aliphatic carbocycles. The molecule has 0 heterocycles. The molecule has 0 radical (unpaired) electrons. The van der Waals surface area contributed by atoms with Crippen LogP contribution in [0.5, 0.6) is 0 Å². The Morgan fingerprint density at radius 3 is 2.06 bits per heavy atom. The zero-order chi connectivity index (χ0) is 22.8. The van der Waals surface area contributed by atoms with Crippen LogP contribution in [0.15, 0.2) is 78.9 Å². The van der Waals surface area contributed by atoms with Gasteiger partial charge in [-0.2, -0.15) is 0 Å². The van der Waals surface area contributed by atoms with Gasteiger partial charge in [-0.3, -0.25) is 14.4 Å². The van der Waals surface area contributed by atoms with Crippen molar-refractivity contribution >= 4 is 40.5 Å². The van der Waals surface area contributed by atoms with Gasteiger partial charge in [-0.15, -0.1) is 0 Å². The molecule has 164 valence electrons. The van der Waals surface area contributed by atoms with Crippen LogP contribution >= 0.6 is 0 Å². The Kier molecular flexibility index (Phi) is 7.97. The highest BCUT2D eigenvalue weighted by atomic mass is 16.5.